The molecule has 0 radical (unpaired) electrons. The standard InChI is InChI=1S/C10H8N4O6S/c15-14(16)7-2-9-8(19-5-20-9)1-6(7)13-21(17,18)10-3-11-4-12-10/h1-4,13H,5H2,(H,11,12). The first-order valence-corrected chi connectivity index (χ1v) is 7.05. The van der Waals surface area contributed by atoms with E-state index in [4.69, 9.17) is 9.47 Å². The van der Waals surface area contributed by atoms with E-state index >= 15 is 0 Å². The van der Waals surface area contributed by atoms with E-state index in [1.54, 1.807) is 0 Å². The number of imidazole rings is 1. The van der Waals surface area contributed by atoms with Gasteiger partial charge in [0.25, 0.3) is 15.7 Å². The summed E-state index contributed by atoms with van der Waals surface area (Å²) in [4.78, 5) is 16.3. The van der Waals surface area contributed by atoms with Crippen LogP contribution in [0.4, 0.5) is 11.4 Å². The minimum Gasteiger partial charge on any atom is -0.454 e. The van der Waals surface area contributed by atoms with Crippen molar-refractivity contribution in [1.82, 2.24) is 9.97 Å². The zero-order valence-electron chi connectivity index (χ0n) is 10.3. The summed E-state index contributed by atoms with van der Waals surface area (Å²) in [6.45, 7) is -0.0801. The molecule has 1 aliphatic heterocycles. The molecule has 1 aromatic heterocycles. The maximum atomic E-state index is 12.1. The molecule has 2 aromatic rings. The largest absolute Gasteiger partial charge is 0.454 e. The van der Waals surface area contributed by atoms with Crippen molar-refractivity contribution >= 4 is 21.4 Å². The number of rotatable bonds is 4. The second-order valence-electron chi connectivity index (χ2n) is 4.00. The van der Waals surface area contributed by atoms with Crippen LogP contribution in [0.15, 0.2) is 29.7 Å². The summed E-state index contributed by atoms with van der Waals surface area (Å²) in [5.74, 6) is 0.411. The van der Waals surface area contributed by atoms with Gasteiger partial charge in [0.1, 0.15) is 5.69 Å². The number of hydrogen-bond donors (Lipinski definition) is 2. The molecule has 0 fully saturated rings. The third kappa shape index (κ3) is 2.33. The number of nitrogens with one attached hydrogen (secondary N) is 2. The Morgan fingerprint density at radius 2 is 2.05 bits per heavy atom. The van der Waals surface area contributed by atoms with Gasteiger partial charge < -0.3 is 14.5 Å². The van der Waals surface area contributed by atoms with Crippen molar-refractivity contribution in [3.63, 3.8) is 0 Å². The van der Waals surface area contributed by atoms with E-state index in [-0.39, 0.29) is 29.0 Å². The van der Waals surface area contributed by atoms with Crippen LogP contribution in [0, 0.1) is 10.1 Å². The average Bonchev–Trinajstić information content (AvgIpc) is 3.08. The van der Waals surface area contributed by atoms with Crippen LogP contribution in [0.1, 0.15) is 0 Å². The van der Waals surface area contributed by atoms with E-state index in [0.717, 1.165) is 12.3 Å². The lowest BCUT2D eigenvalue weighted by Crippen LogP contribution is -2.14. The van der Waals surface area contributed by atoms with Crippen LogP contribution < -0.4 is 14.2 Å². The Morgan fingerprint density at radius 3 is 2.67 bits per heavy atom. The number of nitrogens with zero attached hydrogens (tertiary/aromatic N) is 2. The molecular weight excluding hydrogens is 304 g/mol. The molecule has 0 amide bonds. The number of ether oxygens (including phenoxy) is 2. The van der Waals surface area contributed by atoms with Gasteiger partial charge in [0, 0.05) is 6.07 Å². The van der Waals surface area contributed by atoms with Crippen LogP contribution in [0.3, 0.4) is 0 Å². The molecule has 10 nitrogen and oxygen atoms in total. The number of H-pyrrole nitrogens is 1. The van der Waals surface area contributed by atoms with Crippen molar-refractivity contribution in [2.45, 2.75) is 5.03 Å². The molecule has 2 N–H and O–H groups in total. The van der Waals surface area contributed by atoms with Crippen molar-refractivity contribution in [2.75, 3.05) is 11.5 Å². The zero-order chi connectivity index (χ0) is 15.0. The number of aromatic nitrogens is 2. The Kier molecular flexibility index (Phi) is 2.90. The molecule has 0 aliphatic carbocycles. The molecular formula is C10H8N4O6S. The monoisotopic (exact) mass is 312 g/mol. The fraction of sp³-hybridized carbons (Fsp3) is 0.100. The van der Waals surface area contributed by atoms with Gasteiger partial charge in [0.05, 0.1) is 23.5 Å². The molecule has 2 heterocycles. The first-order valence-electron chi connectivity index (χ1n) is 5.56. The van der Waals surface area contributed by atoms with Gasteiger partial charge in [0.15, 0.2) is 16.5 Å². The van der Waals surface area contributed by atoms with Crippen LogP contribution in [0.5, 0.6) is 11.5 Å². The van der Waals surface area contributed by atoms with E-state index in [0.29, 0.717) is 0 Å². The van der Waals surface area contributed by atoms with Gasteiger partial charge in [-0.15, -0.1) is 0 Å². The summed E-state index contributed by atoms with van der Waals surface area (Å²) in [6, 6.07) is 2.31. The molecule has 1 aromatic carbocycles. The van der Waals surface area contributed by atoms with Gasteiger partial charge in [-0.2, -0.15) is 8.42 Å². The second kappa shape index (κ2) is 4.63. The number of hydrogen-bond acceptors (Lipinski definition) is 7. The summed E-state index contributed by atoms with van der Waals surface area (Å²) in [5.41, 5.74) is -0.666. The Balaban J connectivity index is 2.04. The summed E-state index contributed by atoms with van der Waals surface area (Å²) in [5, 5.41) is 10.8. The third-order valence-corrected chi connectivity index (χ3v) is 3.99. The summed E-state index contributed by atoms with van der Waals surface area (Å²) in [6.07, 6.45) is 2.27. The van der Waals surface area contributed by atoms with Crippen molar-refractivity contribution in [1.29, 1.82) is 0 Å². The summed E-state index contributed by atoms with van der Waals surface area (Å²) < 4.78 is 36.4. The maximum absolute atomic E-state index is 12.1. The molecule has 0 spiro atoms. The summed E-state index contributed by atoms with van der Waals surface area (Å²) in [7, 11) is -4.01. The highest BCUT2D eigenvalue weighted by Crippen LogP contribution is 2.41. The Morgan fingerprint density at radius 1 is 1.33 bits per heavy atom. The van der Waals surface area contributed by atoms with Gasteiger partial charge in [-0.3, -0.25) is 14.8 Å². The van der Waals surface area contributed by atoms with Crippen LogP contribution in [0.2, 0.25) is 0 Å². The number of fused-ring (bicyclic) bond motifs is 1. The van der Waals surface area contributed by atoms with Gasteiger partial charge in [-0.25, -0.2) is 4.98 Å². The minimum atomic E-state index is -4.01. The molecule has 3 rings (SSSR count). The van der Waals surface area contributed by atoms with E-state index in [1.807, 2.05) is 0 Å². The summed E-state index contributed by atoms with van der Waals surface area (Å²) >= 11 is 0. The van der Waals surface area contributed by atoms with E-state index in [2.05, 4.69) is 14.7 Å². The fourth-order valence-corrected chi connectivity index (χ4v) is 2.72. The number of nitro groups is 1. The van der Waals surface area contributed by atoms with Crippen molar-refractivity contribution in [3.8, 4) is 11.5 Å². The minimum absolute atomic E-state index is 0.0801. The lowest BCUT2D eigenvalue weighted by atomic mass is 10.2. The normalized spacial score (nSPS) is 13.1. The van der Waals surface area contributed by atoms with Gasteiger partial charge >= 0.3 is 0 Å². The molecule has 110 valence electrons. The highest BCUT2D eigenvalue weighted by atomic mass is 32.2. The predicted molar refractivity (Wildman–Crippen MR) is 68.6 cm³/mol. The smallest absolute Gasteiger partial charge is 0.297 e. The Hall–Kier alpha value is -2.82. The number of aromatic amines is 1. The quantitative estimate of drug-likeness (QED) is 0.630. The molecule has 0 saturated heterocycles. The van der Waals surface area contributed by atoms with Crippen LogP contribution in [-0.2, 0) is 10.0 Å². The number of nitro benzene ring substituents is 1. The molecule has 0 bridgehead atoms. The third-order valence-electron chi connectivity index (χ3n) is 2.69. The van der Waals surface area contributed by atoms with E-state index in [9.17, 15) is 18.5 Å². The van der Waals surface area contributed by atoms with Gasteiger partial charge in [-0.1, -0.05) is 0 Å². The SMILES string of the molecule is O=[N+]([O-])c1cc2c(cc1NS(=O)(=O)c1cnc[nH]1)OCO2. The first kappa shape index (κ1) is 13.2. The van der Waals surface area contributed by atoms with Gasteiger partial charge in [-0.05, 0) is 0 Å². The topological polar surface area (TPSA) is 136 Å². The van der Waals surface area contributed by atoms with Gasteiger partial charge in [0.2, 0.25) is 6.79 Å². The highest BCUT2D eigenvalue weighted by Gasteiger charge is 2.27. The molecule has 0 saturated carbocycles. The predicted octanol–water partition coefficient (Wildman–Crippen LogP) is 0.847. The highest BCUT2D eigenvalue weighted by molar-refractivity contribution is 7.92. The molecule has 0 unspecified atom stereocenters. The fourth-order valence-electron chi connectivity index (χ4n) is 1.75. The number of anilines is 1. The molecule has 11 heteroatoms. The van der Waals surface area contributed by atoms with Crippen LogP contribution >= 0.6 is 0 Å². The second-order valence-corrected chi connectivity index (χ2v) is 5.65. The Bertz CT molecular complexity index is 801. The lowest BCUT2D eigenvalue weighted by Gasteiger charge is -2.07. The van der Waals surface area contributed by atoms with E-state index in [1.165, 1.54) is 12.4 Å². The van der Waals surface area contributed by atoms with Crippen molar-refractivity contribution in [3.05, 3.63) is 34.8 Å². The van der Waals surface area contributed by atoms with Crippen molar-refractivity contribution in [2.24, 2.45) is 0 Å². The van der Waals surface area contributed by atoms with Crippen molar-refractivity contribution < 1.29 is 22.8 Å². The lowest BCUT2D eigenvalue weighted by molar-refractivity contribution is -0.383. The van der Waals surface area contributed by atoms with Crippen LogP contribution in [-0.4, -0.2) is 30.1 Å². The van der Waals surface area contributed by atoms with Crippen LogP contribution in [0.25, 0.3) is 0 Å². The number of sulfonamides is 1. The molecule has 0 atom stereocenters. The first-order chi connectivity index (χ1) is 9.97. The van der Waals surface area contributed by atoms with E-state index < -0.39 is 20.6 Å². The maximum Gasteiger partial charge on any atom is 0.297 e. The molecule has 1 aliphatic rings. The number of benzene rings is 1. The Labute approximate surface area is 117 Å². The average molecular weight is 312 g/mol. The molecule has 21 heavy (non-hydrogen) atoms. The zero-order valence-corrected chi connectivity index (χ0v) is 11.1.